The molecular weight excluding hydrogens is 412 g/mol. The van der Waals surface area contributed by atoms with E-state index in [1.54, 1.807) is 11.3 Å². The summed E-state index contributed by atoms with van der Waals surface area (Å²) in [6.07, 6.45) is 3.35. The van der Waals surface area contributed by atoms with Crippen molar-refractivity contribution in [3.05, 3.63) is 52.2 Å². The summed E-state index contributed by atoms with van der Waals surface area (Å²) in [4.78, 5) is 34.1. The van der Waals surface area contributed by atoms with E-state index in [0.717, 1.165) is 46.7 Å². The predicted molar refractivity (Wildman–Crippen MR) is 124 cm³/mol. The second kappa shape index (κ2) is 10.9. The zero-order valence-corrected chi connectivity index (χ0v) is 18.7. The van der Waals surface area contributed by atoms with Crippen molar-refractivity contribution in [1.82, 2.24) is 15.3 Å². The Labute approximate surface area is 185 Å². The lowest BCUT2D eigenvalue weighted by Crippen LogP contribution is -2.24. The van der Waals surface area contributed by atoms with E-state index in [9.17, 15) is 9.59 Å². The zero-order chi connectivity index (χ0) is 22.2. The first kappa shape index (κ1) is 22.7. The average Bonchev–Trinajstić information content (AvgIpc) is 3.17. The maximum Gasteiger partial charge on any atom is 0.303 e. The standard InChI is InChI=1S/C23H28N4O3S/c1-3-18-13-19-21(26-15(2)27-23(19)31-18)25-14-16-8-10-17(11-9-16)22(30)24-12-6-4-5-7-20(28)29/h8-11,13H,3-7,12,14H2,1-2H3,(H,24,30)(H,28,29)(H,25,26,27). The van der Waals surface area contributed by atoms with Crippen molar-refractivity contribution in [3.8, 4) is 0 Å². The fraction of sp³-hybridized carbons (Fsp3) is 0.391. The van der Waals surface area contributed by atoms with Crippen molar-refractivity contribution in [3.63, 3.8) is 0 Å². The Bertz CT molecular complexity index is 1050. The van der Waals surface area contributed by atoms with Gasteiger partial charge in [0.2, 0.25) is 0 Å². The monoisotopic (exact) mass is 440 g/mol. The number of aliphatic carboxylic acids is 1. The molecule has 0 fully saturated rings. The molecule has 0 aliphatic heterocycles. The number of carboxylic acids is 1. The largest absolute Gasteiger partial charge is 0.481 e. The van der Waals surface area contributed by atoms with E-state index in [1.165, 1.54) is 4.88 Å². The molecule has 0 bridgehead atoms. The molecule has 0 radical (unpaired) electrons. The van der Waals surface area contributed by atoms with E-state index in [4.69, 9.17) is 5.11 Å². The molecule has 0 aliphatic carbocycles. The highest BCUT2D eigenvalue weighted by Crippen LogP contribution is 2.29. The Balaban J connectivity index is 1.52. The summed E-state index contributed by atoms with van der Waals surface area (Å²) >= 11 is 1.70. The third-order valence-corrected chi connectivity index (χ3v) is 6.11. The van der Waals surface area contributed by atoms with Gasteiger partial charge in [0.15, 0.2) is 0 Å². The highest BCUT2D eigenvalue weighted by Gasteiger charge is 2.10. The van der Waals surface area contributed by atoms with Crippen LogP contribution in [0.5, 0.6) is 0 Å². The zero-order valence-electron chi connectivity index (χ0n) is 17.9. The Morgan fingerprint density at radius 3 is 2.58 bits per heavy atom. The van der Waals surface area contributed by atoms with Gasteiger partial charge in [-0.25, -0.2) is 9.97 Å². The maximum absolute atomic E-state index is 12.3. The summed E-state index contributed by atoms with van der Waals surface area (Å²) in [5.41, 5.74) is 1.67. The minimum Gasteiger partial charge on any atom is -0.481 e. The molecule has 0 unspecified atom stereocenters. The van der Waals surface area contributed by atoms with Crippen molar-refractivity contribution >= 4 is 39.2 Å². The summed E-state index contributed by atoms with van der Waals surface area (Å²) < 4.78 is 0. The second-order valence-electron chi connectivity index (χ2n) is 7.42. The van der Waals surface area contributed by atoms with E-state index in [2.05, 4.69) is 33.6 Å². The number of carbonyl (C=O) groups excluding carboxylic acids is 1. The number of rotatable bonds is 11. The number of carbonyl (C=O) groups is 2. The quantitative estimate of drug-likeness (QED) is 0.378. The third kappa shape index (κ3) is 6.49. The SMILES string of the molecule is CCc1cc2c(NCc3ccc(C(=O)NCCCCCC(=O)O)cc3)nc(C)nc2s1. The molecule has 1 amide bonds. The minimum absolute atomic E-state index is 0.115. The fourth-order valence-corrected chi connectivity index (χ4v) is 4.24. The molecule has 0 saturated heterocycles. The van der Waals surface area contributed by atoms with Gasteiger partial charge < -0.3 is 15.7 Å². The fourth-order valence-electron chi connectivity index (χ4n) is 3.23. The lowest BCUT2D eigenvalue weighted by atomic mass is 10.1. The molecule has 0 saturated carbocycles. The van der Waals surface area contributed by atoms with Gasteiger partial charge in [0, 0.05) is 30.0 Å². The van der Waals surface area contributed by atoms with E-state index in [0.29, 0.717) is 25.1 Å². The third-order valence-electron chi connectivity index (χ3n) is 4.93. The number of benzene rings is 1. The number of thiophene rings is 1. The first-order valence-corrected chi connectivity index (χ1v) is 11.4. The molecule has 3 rings (SSSR count). The summed E-state index contributed by atoms with van der Waals surface area (Å²) in [5.74, 6) is 0.688. The van der Waals surface area contributed by atoms with Crippen molar-refractivity contribution in [2.45, 2.75) is 52.5 Å². The van der Waals surface area contributed by atoms with Crippen LogP contribution in [0, 0.1) is 6.92 Å². The van der Waals surface area contributed by atoms with Crippen LogP contribution in [0.25, 0.3) is 10.2 Å². The number of carboxylic acid groups (broad SMARTS) is 1. The minimum atomic E-state index is -0.779. The van der Waals surface area contributed by atoms with Gasteiger partial charge in [0.1, 0.15) is 16.5 Å². The molecule has 3 N–H and O–H groups in total. The number of nitrogens with one attached hydrogen (secondary N) is 2. The smallest absolute Gasteiger partial charge is 0.303 e. The average molecular weight is 441 g/mol. The molecule has 7 nitrogen and oxygen atoms in total. The lowest BCUT2D eigenvalue weighted by molar-refractivity contribution is -0.137. The number of aromatic nitrogens is 2. The second-order valence-corrected chi connectivity index (χ2v) is 8.53. The molecular formula is C23H28N4O3S. The summed E-state index contributed by atoms with van der Waals surface area (Å²) in [5, 5.41) is 16.0. The Hall–Kier alpha value is -3.00. The van der Waals surface area contributed by atoms with Crippen molar-refractivity contribution in [2.75, 3.05) is 11.9 Å². The van der Waals surface area contributed by atoms with Crippen LogP contribution in [-0.4, -0.2) is 33.5 Å². The van der Waals surface area contributed by atoms with Crippen LogP contribution in [0.4, 0.5) is 5.82 Å². The first-order valence-electron chi connectivity index (χ1n) is 10.6. The number of aryl methyl sites for hydroxylation is 2. The van der Waals surface area contributed by atoms with Crippen LogP contribution < -0.4 is 10.6 Å². The van der Waals surface area contributed by atoms with Crippen LogP contribution in [0.3, 0.4) is 0 Å². The first-order chi connectivity index (χ1) is 15.0. The van der Waals surface area contributed by atoms with Crippen molar-refractivity contribution in [2.24, 2.45) is 0 Å². The molecule has 1 aromatic carbocycles. The summed E-state index contributed by atoms with van der Waals surface area (Å²) in [6.45, 7) is 5.18. The molecule has 0 atom stereocenters. The van der Waals surface area contributed by atoms with Crippen LogP contribution in [0.2, 0.25) is 0 Å². The van der Waals surface area contributed by atoms with E-state index in [1.807, 2.05) is 31.2 Å². The Morgan fingerprint density at radius 2 is 1.87 bits per heavy atom. The molecule has 3 aromatic rings. The predicted octanol–water partition coefficient (Wildman–Crippen LogP) is 4.55. The Kier molecular flexibility index (Phi) is 7.94. The molecule has 164 valence electrons. The van der Waals surface area contributed by atoms with Gasteiger partial charge in [0.25, 0.3) is 5.91 Å². The van der Waals surface area contributed by atoms with Crippen LogP contribution in [0.15, 0.2) is 30.3 Å². The normalized spacial score (nSPS) is 10.9. The topological polar surface area (TPSA) is 104 Å². The molecule has 8 heteroatoms. The number of hydrogen-bond acceptors (Lipinski definition) is 6. The number of anilines is 1. The Morgan fingerprint density at radius 1 is 1.10 bits per heavy atom. The van der Waals surface area contributed by atoms with Crippen LogP contribution in [0.1, 0.15) is 59.2 Å². The molecule has 31 heavy (non-hydrogen) atoms. The number of unbranched alkanes of at least 4 members (excludes halogenated alkanes) is 2. The van der Waals surface area contributed by atoms with Gasteiger partial charge in [-0.1, -0.05) is 25.5 Å². The van der Waals surface area contributed by atoms with Crippen LogP contribution in [-0.2, 0) is 17.8 Å². The van der Waals surface area contributed by atoms with Gasteiger partial charge in [-0.2, -0.15) is 0 Å². The highest BCUT2D eigenvalue weighted by atomic mass is 32.1. The highest BCUT2D eigenvalue weighted by molar-refractivity contribution is 7.18. The van der Waals surface area contributed by atoms with Crippen LogP contribution >= 0.6 is 11.3 Å². The maximum atomic E-state index is 12.3. The van der Waals surface area contributed by atoms with Gasteiger partial charge in [0.05, 0.1) is 5.39 Å². The summed E-state index contributed by atoms with van der Waals surface area (Å²) in [6, 6.07) is 9.65. The van der Waals surface area contributed by atoms with E-state index < -0.39 is 5.97 Å². The molecule has 2 aromatic heterocycles. The molecule has 0 spiro atoms. The molecule has 2 heterocycles. The summed E-state index contributed by atoms with van der Waals surface area (Å²) in [7, 11) is 0. The van der Waals surface area contributed by atoms with Crippen molar-refractivity contribution in [1.29, 1.82) is 0 Å². The van der Waals surface area contributed by atoms with E-state index >= 15 is 0 Å². The number of nitrogens with zero attached hydrogens (tertiary/aromatic N) is 2. The van der Waals surface area contributed by atoms with Gasteiger partial charge in [-0.15, -0.1) is 11.3 Å². The lowest BCUT2D eigenvalue weighted by Gasteiger charge is -2.09. The number of amides is 1. The van der Waals surface area contributed by atoms with Gasteiger partial charge >= 0.3 is 5.97 Å². The van der Waals surface area contributed by atoms with Gasteiger partial charge in [-0.05, 0) is 49.9 Å². The number of hydrogen-bond donors (Lipinski definition) is 3. The number of fused-ring (bicyclic) bond motifs is 1. The van der Waals surface area contributed by atoms with Gasteiger partial charge in [-0.3, -0.25) is 9.59 Å². The van der Waals surface area contributed by atoms with Crippen molar-refractivity contribution < 1.29 is 14.7 Å². The van der Waals surface area contributed by atoms with E-state index in [-0.39, 0.29) is 12.3 Å². The molecule has 0 aliphatic rings.